The van der Waals surface area contributed by atoms with Crippen LogP contribution >= 0.6 is 34.7 Å². The first-order valence-corrected chi connectivity index (χ1v) is 10.2. The summed E-state index contributed by atoms with van der Waals surface area (Å²) < 4.78 is 7.27. The topological polar surface area (TPSA) is 72.2 Å². The number of hydrogen-bond donors (Lipinski definition) is 1. The number of carbonyl (C=O) groups excluding carboxylic acids is 1. The number of halogens is 1. The molecule has 8 heteroatoms. The van der Waals surface area contributed by atoms with Crippen LogP contribution in [0.2, 0.25) is 5.02 Å². The lowest BCUT2D eigenvalue weighted by molar-refractivity contribution is -0.114. The third kappa shape index (κ3) is 4.00. The van der Waals surface area contributed by atoms with Crippen LogP contribution in [0.25, 0.3) is 21.2 Å². The zero-order valence-corrected chi connectivity index (χ0v) is 16.5. The van der Waals surface area contributed by atoms with Gasteiger partial charge >= 0.3 is 5.63 Å². The number of fused-ring (bicyclic) bond motifs is 2. The van der Waals surface area contributed by atoms with Gasteiger partial charge in [0.15, 0.2) is 4.34 Å². The van der Waals surface area contributed by atoms with Crippen LogP contribution < -0.4 is 10.9 Å². The molecule has 0 aliphatic carbocycles. The van der Waals surface area contributed by atoms with Gasteiger partial charge in [-0.3, -0.25) is 4.79 Å². The third-order valence-corrected chi connectivity index (χ3v) is 6.29. The summed E-state index contributed by atoms with van der Waals surface area (Å²) in [6, 6.07) is 12.4. The quantitative estimate of drug-likeness (QED) is 0.360. The van der Waals surface area contributed by atoms with Crippen LogP contribution in [0, 0.1) is 0 Å². The van der Waals surface area contributed by atoms with Crippen LogP contribution in [0.3, 0.4) is 0 Å². The Labute approximate surface area is 167 Å². The standard InChI is InChI=1S/C19H13ClN2O3S2/c1-10(23)21-13-3-4-14-11(6-18(24)25-16(14)8-13)9-26-19-22-15-7-12(20)2-5-17(15)27-19/h2-8H,9H2,1H3,(H,21,23). The number of benzene rings is 2. The van der Waals surface area contributed by atoms with Crippen molar-refractivity contribution >= 4 is 67.5 Å². The Kier molecular flexibility index (Phi) is 4.90. The van der Waals surface area contributed by atoms with Crippen molar-refractivity contribution in [1.29, 1.82) is 0 Å². The van der Waals surface area contributed by atoms with Crippen LogP contribution in [-0.2, 0) is 10.5 Å². The predicted molar refractivity (Wildman–Crippen MR) is 111 cm³/mol. The molecule has 4 rings (SSSR count). The number of carbonyl (C=O) groups is 1. The molecule has 2 heterocycles. The van der Waals surface area contributed by atoms with E-state index in [9.17, 15) is 9.59 Å². The monoisotopic (exact) mass is 416 g/mol. The van der Waals surface area contributed by atoms with Gasteiger partial charge in [0.1, 0.15) is 5.58 Å². The Morgan fingerprint density at radius 2 is 2.11 bits per heavy atom. The maximum atomic E-state index is 11.9. The van der Waals surface area contributed by atoms with Crippen molar-refractivity contribution in [3.05, 3.63) is 63.5 Å². The molecule has 27 heavy (non-hydrogen) atoms. The lowest BCUT2D eigenvalue weighted by Crippen LogP contribution is -2.06. The smallest absolute Gasteiger partial charge is 0.336 e. The van der Waals surface area contributed by atoms with Crippen LogP contribution in [0.5, 0.6) is 0 Å². The zero-order valence-electron chi connectivity index (χ0n) is 14.1. The summed E-state index contributed by atoms with van der Waals surface area (Å²) in [6.07, 6.45) is 0. The highest BCUT2D eigenvalue weighted by Gasteiger charge is 2.10. The van der Waals surface area contributed by atoms with Gasteiger partial charge in [0, 0.05) is 40.9 Å². The fraction of sp³-hybridized carbons (Fsp3) is 0.105. The van der Waals surface area contributed by atoms with Crippen LogP contribution in [0.15, 0.2) is 56.0 Å². The van der Waals surface area contributed by atoms with Crippen LogP contribution in [-0.4, -0.2) is 10.9 Å². The molecule has 136 valence electrons. The van der Waals surface area contributed by atoms with Gasteiger partial charge in [-0.1, -0.05) is 23.4 Å². The van der Waals surface area contributed by atoms with Crippen molar-refractivity contribution in [2.75, 3.05) is 5.32 Å². The summed E-state index contributed by atoms with van der Waals surface area (Å²) in [5.41, 5.74) is 2.34. The van der Waals surface area contributed by atoms with Gasteiger partial charge in [0.2, 0.25) is 5.91 Å². The zero-order chi connectivity index (χ0) is 19.0. The maximum absolute atomic E-state index is 11.9. The molecule has 2 aromatic heterocycles. The van der Waals surface area contributed by atoms with E-state index in [1.54, 1.807) is 35.2 Å². The van der Waals surface area contributed by atoms with Crippen molar-refractivity contribution in [1.82, 2.24) is 4.98 Å². The number of amides is 1. The number of rotatable bonds is 4. The molecule has 0 unspecified atom stereocenters. The summed E-state index contributed by atoms with van der Waals surface area (Å²) in [4.78, 5) is 27.7. The van der Waals surface area contributed by atoms with Gasteiger partial charge < -0.3 is 9.73 Å². The Morgan fingerprint density at radius 1 is 1.26 bits per heavy atom. The SMILES string of the molecule is CC(=O)Nc1ccc2c(CSc3nc4cc(Cl)ccc4s3)cc(=O)oc2c1. The largest absolute Gasteiger partial charge is 0.423 e. The number of nitrogens with one attached hydrogen (secondary N) is 1. The summed E-state index contributed by atoms with van der Waals surface area (Å²) in [7, 11) is 0. The Hall–Kier alpha value is -2.35. The molecule has 1 N–H and O–H groups in total. The molecule has 0 bridgehead atoms. The van der Waals surface area contributed by atoms with Crippen LogP contribution in [0.4, 0.5) is 5.69 Å². The highest BCUT2D eigenvalue weighted by molar-refractivity contribution is 8.00. The maximum Gasteiger partial charge on any atom is 0.336 e. The second-order valence-corrected chi connectivity index (χ2v) is 8.55. The molecule has 0 atom stereocenters. The van der Waals surface area contributed by atoms with E-state index in [0.717, 1.165) is 25.5 Å². The summed E-state index contributed by atoms with van der Waals surface area (Å²) in [5.74, 6) is 0.397. The highest BCUT2D eigenvalue weighted by atomic mass is 35.5. The number of hydrogen-bond acceptors (Lipinski definition) is 6. The molecule has 0 saturated heterocycles. The van der Waals surface area contributed by atoms with E-state index in [0.29, 0.717) is 22.0 Å². The first-order valence-electron chi connectivity index (χ1n) is 8.01. The Balaban J connectivity index is 1.64. The summed E-state index contributed by atoms with van der Waals surface area (Å²) in [5, 5.41) is 4.18. The molecule has 5 nitrogen and oxygen atoms in total. The van der Waals surface area contributed by atoms with E-state index in [2.05, 4.69) is 10.3 Å². The second-order valence-electron chi connectivity index (χ2n) is 5.86. The fourth-order valence-corrected chi connectivity index (χ4v) is 4.92. The van der Waals surface area contributed by atoms with E-state index < -0.39 is 5.63 Å². The molecule has 0 spiro atoms. The molecular weight excluding hydrogens is 404 g/mol. The minimum absolute atomic E-state index is 0.181. The average Bonchev–Trinajstić information content (AvgIpc) is 3.00. The number of thioether (sulfide) groups is 1. The molecule has 0 radical (unpaired) electrons. The van der Waals surface area contributed by atoms with E-state index >= 15 is 0 Å². The number of nitrogens with zero attached hydrogens (tertiary/aromatic N) is 1. The third-order valence-electron chi connectivity index (χ3n) is 3.83. The molecule has 0 fully saturated rings. The van der Waals surface area contributed by atoms with E-state index in [4.69, 9.17) is 16.0 Å². The highest BCUT2D eigenvalue weighted by Crippen LogP contribution is 2.34. The van der Waals surface area contributed by atoms with Crippen LogP contribution in [0.1, 0.15) is 12.5 Å². The molecule has 2 aromatic carbocycles. The Morgan fingerprint density at radius 3 is 2.93 bits per heavy atom. The minimum atomic E-state index is -0.422. The molecule has 0 aliphatic rings. The molecule has 0 aliphatic heterocycles. The molecule has 4 aromatic rings. The second kappa shape index (κ2) is 7.34. The Bertz CT molecular complexity index is 1230. The van der Waals surface area contributed by atoms with Crippen molar-refractivity contribution in [2.24, 2.45) is 0 Å². The summed E-state index contributed by atoms with van der Waals surface area (Å²) in [6.45, 7) is 1.43. The molecular formula is C19H13ClN2O3S2. The number of anilines is 1. The number of aromatic nitrogens is 1. The number of thiazole rings is 1. The van der Waals surface area contributed by atoms with Gasteiger partial charge in [-0.25, -0.2) is 9.78 Å². The predicted octanol–water partition coefficient (Wildman–Crippen LogP) is 5.31. The van der Waals surface area contributed by atoms with Gasteiger partial charge in [-0.2, -0.15) is 0 Å². The van der Waals surface area contributed by atoms with Crippen molar-refractivity contribution in [2.45, 2.75) is 17.0 Å². The lowest BCUT2D eigenvalue weighted by Gasteiger charge is -2.07. The molecule has 1 amide bonds. The van der Waals surface area contributed by atoms with Gasteiger partial charge in [-0.15, -0.1) is 11.3 Å². The lowest BCUT2D eigenvalue weighted by atomic mass is 10.1. The first-order chi connectivity index (χ1) is 13.0. The van der Waals surface area contributed by atoms with Crippen molar-refractivity contribution in [3.8, 4) is 0 Å². The normalized spacial score (nSPS) is 11.2. The van der Waals surface area contributed by atoms with Crippen molar-refractivity contribution < 1.29 is 9.21 Å². The first kappa shape index (κ1) is 18.0. The average molecular weight is 417 g/mol. The van der Waals surface area contributed by atoms with E-state index in [1.807, 2.05) is 24.3 Å². The van der Waals surface area contributed by atoms with Gasteiger partial charge in [0.25, 0.3) is 0 Å². The van der Waals surface area contributed by atoms with Gasteiger partial charge in [0.05, 0.1) is 10.2 Å². The minimum Gasteiger partial charge on any atom is -0.423 e. The fourth-order valence-electron chi connectivity index (χ4n) is 2.71. The van der Waals surface area contributed by atoms with E-state index in [1.165, 1.54) is 13.0 Å². The van der Waals surface area contributed by atoms with Gasteiger partial charge in [-0.05, 0) is 35.9 Å². The molecule has 0 saturated carbocycles. The van der Waals surface area contributed by atoms with Crippen molar-refractivity contribution in [3.63, 3.8) is 0 Å². The summed E-state index contributed by atoms with van der Waals surface area (Å²) >= 11 is 9.16. The van der Waals surface area contributed by atoms with E-state index in [-0.39, 0.29) is 5.91 Å².